The number of sulfonamides is 1. The standard InChI is InChI=1S/C24H29N3O3S2/c1-15-9-10-18(23-17(3)25-24(31-23)26-19-7-5-4-6-8-19)14-22(15)32(29,30)27-21-12-11-20(28)13-16(21)2/h9-14,19,27-28H,4-8H2,1-3H3,(H,25,26). The Kier molecular flexibility index (Phi) is 6.44. The van der Waals surface area contributed by atoms with E-state index in [1.54, 1.807) is 37.3 Å². The highest BCUT2D eigenvalue weighted by atomic mass is 32.2. The Labute approximate surface area is 193 Å². The normalized spacial score (nSPS) is 15.0. The van der Waals surface area contributed by atoms with Crippen LogP contribution < -0.4 is 10.0 Å². The summed E-state index contributed by atoms with van der Waals surface area (Å²) < 4.78 is 29.1. The fourth-order valence-corrected chi connectivity index (χ4v) is 6.58. The topological polar surface area (TPSA) is 91.3 Å². The summed E-state index contributed by atoms with van der Waals surface area (Å²) in [6.07, 6.45) is 6.15. The van der Waals surface area contributed by atoms with Crippen molar-refractivity contribution >= 4 is 32.2 Å². The molecule has 1 fully saturated rings. The van der Waals surface area contributed by atoms with E-state index in [2.05, 4.69) is 10.0 Å². The molecule has 1 heterocycles. The average Bonchev–Trinajstić information content (AvgIpc) is 3.11. The quantitative estimate of drug-likeness (QED) is 0.384. The van der Waals surface area contributed by atoms with Gasteiger partial charge in [0.25, 0.3) is 10.0 Å². The highest BCUT2D eigenvalue weighted by Gasteiger charge is 2.21. The van der Waals surface area contributed by atoms with E-state index in [9.17, 15) is 13.5 Å². The molecule has 1 saturated carbocycles. The maximum absolute atomic E-state index is 13.2. The summed E-state index contributed by atoms with van der Waals surface area (Å²) in [5, 5.41) is 14.1. The van der Waals surface area contributed by atoms with E-state index in [0.29, 0.717) is 22.9 Å². The van der Waals surface area contributed by atoms with E-state index in [4.69, 9.17) is 4.98 Å². The van der Waals surface area contributed by atoms with Gasteiger partial charge in [-0.15, -0.1) is 0 Å². The molecule has 0 unspecified atom stereocenters. The summed E-state index contributed by atoms with van der Waals surface area (Å²) >= 11 is 1.57. The second-order valence-corrected chi connectivity index (χ2v) is 11.1. The SMILES string of the molecule is Cc1cc(O)ccc1NS(=O)(=O)c1cc(-c2sc(NC3CCCCC3)nc2C)ccc1C. The van der Waals surface area contributed by atoms with Crippen molar-refractivity contribution in [1.29, 1.82) is 0 Å². The van der Waals surface area contributed by atoms with Crippen molar-refractivity contribution in [1.82, 2.24) is 4.98 Å². The molecule has 8 heteroatoms. The van der Waals surface area contributed by atoms with Crippen LogP contribution in [-0.4, -0.2) is 24.6 Å². The Morgan fingerprint density at radius 2 is 1.75 bits per heavy atom. The third kappa shape index (κ3) is 4.91. The molecule has 0 bridgehead atoms. The molecule has 1 aliphatic carbocycles. The fourth-order valence-electron chi connectivity index (χ4n) is 4.14. The predicted octanol–water partition coefficient (Wildman–Crippen LogP) is 5.99. The zero-order valence-electron chi connectivity index (χ0n) is 18.6. The van der Waals surface area contributed by atoms with Crippen molar-refractivity contribution in [2.75, 3.05) is 10.0 Å². The van der Waals surface area contributed by atoms with Crippen LogP contribution in [-0.2, 0) is 10.0 Å². The molecule has 0 radical (unpaired) electrons. The number of nitrogens with zero attached hydrogens (tertiary/aromatic N) is 1. The summed E-state index contributed by atoms with van der Waals surface area (Å²) in [5.41, 5.74) is 3.49. The number of phenolic OH excluding ortho intramolecular Hbond substituents is 1. The Hall–Kier alpha value is -2.58. The van der Waals surface area contributed by atoms with Crippen LogP contribution in [0.4, 0.5) is 10.8 Å². The first-order valence-corrected chi connectivity index (χ1v) is 13.2. The van der Waals surface area contributed by atoms with Gasteiger partial charge in [-0.25, -0.2) is 13.4 Å². The lowest BCUT2D eigenvalue weighted by molar-refractivity contribution is 0.462. The van der Waals surface area contributed by atoms with Gasteiger partial charge in [-0.1, -0.05) is 42.7 Å². The Morgan fingerprint density at radius 3 is 2.47 bits per heavy atom. The number of anilines is 2. The first kappa shape index (κ1) is 22.6. The maximum Gasteiger partial charge on any atom is 0.262 e. The second-order valence-electron chi connectivity index (χ2n) is 8.50. The Balaban J connectivity index is 1.62. The summed E-state index contributed by atoms with van der Waals surface area (Å²) in [5.74, 6) is 0.0990. The average molecular weight is 472 g/mol. The lowest BCUT2D eigenvalue weighted by Crippen LogP contribution is -2.21. The van der Waals surface area contributed by atoms with Crippen LogP contribution in [0.15, 0.2) is 41.3 Å². The minimum absolute atomic E-state index is 0.0990. The lowest BCUT2D eigenvalue weighted by atomic mass is 9.96. The zero-order valence-corrected chi connectivity index (χ0v) is 20.2. The van der Waals surface area contributed by atoms with Gasteiger partial charge >= 0.3 is 0 Å². The van der Waals surface area contributed by atoms with Crippen molar-refractivity contribution in [3.05, 3.63) is 53.2 Å². The molecule has 0 amide bonds. The minimum atomic E-state index is -3.80. The maximum atomic E-state index is 13.2. The molecule has 3 aromatic rings. The van der Waals surface area contributed by atoms with E-state index in [0.717, 1.165) is 21.3 Å². The van der Waals surface area contributed by atoms with Gasteiger partial charge in [0.15, 0.2) is 5.13 Å². The van der Waals surface area contributed by atoms with Gasteiger partial charge in [0, 0.05) is 6.04 Å². The van der Waals surface area contributed by atoms with Crippen LogP contribution in [0.3, 0.4) is 0 Å². The molecular formula is C24H29N3O3S2. The molecular weight excluding hydrogens is 442 g/mol. The minimum Gasteiger partial charge on any atom is -0.508 e. The largest absolute Gasteiger partial charge is 0.508 e. The number of nitrogens with one attached hydrogen (secondary N) is 2. The summed E-state index contributed by atoms with van der Waals surface area (Å²) in [4.78, 5) is 5.91. The van der Waals surface area contributed by atoms with Crippen LogP contribution >= 0.6 is 11.3 Å². The summed E-state index contributed by atoms with van der Waals surface area (Å²) in [7, 11) is -3.80. The molecule has 0 spiro atoms. The van der Waals surface area contributed by atoms with Gasteiger partial charge in [0.1, 0.15) is 5.75 Å². The van der Waals surface area contributed by atoms with Gasteiger partial charge in [-0.3, -0.25) is 4.72 Å². The van der Waals surface area contributed by atoms with Gasteiger partial charge in [0.2, 0.25) is 0 Å². The van der Waals surface area contributed by atoms with E-state index in [-0.39, 0.29) is 10.6 Å². The van der Waals surface area contributed by atoms with Crippen molar-refractivity contribution in [3.8, 4) is 16.2 Å². The highest BCUT2D eigenvalue weighted by molar-refractivity contribution is 7.92. The Morgan fingerprint density at radius 1 is 1.00 bits per heavy atom. The van der Waals surface area contributed by atoms with Crippen LogP contribution in [0.2, 0.25) is 0 Å². The van der Waals surface area contributed by atoms with Gasteiger partial charge < -0.3 is 10.4 Å². The van der Waals surface area contributed by atoms with Crippen molar-refractivity contribution in [3.63, 3.8) is 0 Å². The molecule has 32 heavy (non-hydrogen) atoms. The van der Waals surface area contributed by atoms with Crippen molar-refractivity contribution in [2.45, 2.75) is 63.8 Å². The lowest BCUT2D eigenvalue weighted by Gasteiger charge is -2.22. The molecule has 1 aliphatic rings. The number of phenols is 1. The summed E-state index contributed by atoms with van der Waals surface area (Å²) in [6.45, 7) is 5.50. The molecule has 0 saturated heterocycles. The molecule has 1 aromatic heterocycles. The van der Waals surface area contributed by atoms with E-state index in [1.165, 1.54) is 44.2 Å². The zero-order chi connectivity index (χ0) is 22.9. The first-order chi connectivity index (χ1) is 15.2. The van der Waals surface area contributed by atoms with Gasteiger partial charge in [-0.05, 0) is 74.6 Å². The number of thiazole rings is 1. The van der Waals surface area contributed by atoms with Crippen molar-refractivity contribution < 1.29 is 13.5 Å². The van der Waals surface area contributed by atoms with Crippen LogP contribution in [0.5, 0.6) is 5.75 Å². The second kappa shape index (κ2) is 9.11. The molecule has 2 aromatic carbocycles. The van der Waals surface area contributed by atoms with Crippen LogP contribution in [0.1, 0.15) is 48.9 Å². The molecule has 4 rings (SSSR count). The van der Waals surface area contributed by atoms with Gasteiger partial charge in [0.05, 0.1) is 21.2 Å². The molecule has 6 nitrogen and oxygen atoms in total. The number of aryl methyl sites for hydroxylation is 3. The number of aromatic hydroxyl groups is 1. The fraction of sp³-hybridized carbons (Fsp3) is 0.375. The number of hydrogen-bond donors (Lipinski definition) is 3. The number of rotatable bonds is 6. The number of aromatic nitrogens is 1. The van der Waals surface area contributed by atoms with E-state index < -0.39 is 10.0 Å². The molecule has 0 atom stereocenters. The third-order valence-corrected chi connectivity index (χ3v) is 8.57. The van der Waals surface area contributed by atoms with E-state index in [1.807, 2.05) is 19.1 Å². The highest BCUT2D eigenvalue weighted by Crippen LogP contribution is 2.36. The number of benzene rings is 2. The van der Waals surface area contributed by atoms with Crippen LogP contribution in [0.25, 0.3) is 10.4 Å². The van der Waals surface area contributed by atoms with Crippen molar-refractivity contribution in [2.24, 2.45) is 0 Å². The Bertz CT molecular complexity index is 1230. The smallest absolute Gasteiger partial charge is 0.262 e. The van der Waals surface area contributed by atoms with Gasteiger partial charge in [-0.2, -0.15) is 0 Å². The monoisotopic (exact) mass is 471 g/mol. The molecule has 3 N–H and O–H groups in total. The van der Waals surface area contributed by atoms with E-state index >= 15 is 0 Å². The third-order valence-electron chi connectivity index (χ3n) is 5.92. The summed E-state index contributed by atoms with van der Waals surface area (Å²) in [6, 6.07) is 10.5. The molecule has 0 aliphatic heterocycles. The van der Waals surface area contributed by atoms with Crippen LogP contribution in [0, 0.1) is 20.8 Å². The molecule has 170 valence electrons. The predicted molar refractivity (Wildman–Crippen MR) is 131 cm³/mol. The number of hydrogen-bond acceptors (Lipinski definition) is 6. The first-order valence-electron chi connectivity index (χ1n) is 10.9.